The molecule has 0 spiro atoms. The number of hydrogen-bond acceptors (Lipinski definition) is 7. The summed E-state index contributed by atoms with van der Waals surface area (Å²) in [5.41, 5.74) is 10.5. The van der Waals surface area contributed by atoms with Gasteiger partial charge in [-0.05, 0) is 43.9 Å². The molecule has 9 nitrogen and oxygen atoms in total. The molecule has 5 heterocycles. The van der Waals surface area contributed by atoms with Crippen LogP contribution in [0.1, 0.15) is 84.7 Å². The molecule has 3 aromatic heterocycles. The number of rotatable bonds is 6. The van der Waals surface area contributed by atoms with Gasteiger partial charge in [-0.15, -0.1) is 10.2 Å². The fourth-order valence-electron chi connectivity index (χ4n) is 5.11. The van der Waals surface area contributed by atoms with Gasteiger partial charge in [0, 0.05) is 34.7 Å². The number of carbonyl (C=O) groups is 1. The van der Waals surface area contributed by atoms with Crippen LogP contribution in [0, 0.1) is 0 Å². The third-order valence-corrected chi connectivity index (χ3v) is 7.64. The van der Waals surface area contributed by atoms with Crippen molar-refractivity contribution in [3.8, 4) is 11.5 Å². The first-order valence-corrected chi connectivity index (χ1v) is 12.1. The largest absolute Gasteiger partial charge is 0.394 e. The second-order valence-corrected chi connectivity index (χ2v) is 9.95. The Morgan fingerprint density at radius 3 is 2.82 bits per heavy atom. The SMILES string of the molecule is CC[C@@H](N)c1nc(C2(C)CC2)cc2c1CN(c1cccc(-c3nnc4n3[C@@H](CO)CC4)n1)C2=O. The number of pyridine rings is 2. The van der Waals surface area contributed by atoms with Gasteiger partial charge in [-0.2, -0.15) is 0 Å². The van der Waals surface area contributed by atoms with Gasteiger partial charge in [0.15, 0.2) is 5.82 Å². The van der Waals surface area contributed by atoms with Crippen molar-refractivity contribution >= 4 is 11.7 Å². The maximum absolute atomic E-state index is 13.6. The molecule has 9 heteroatoms. The lowest BCUT2D eigenvalue weighted by molar-refractivity contribution is 0.0995. The molecule has 2 aliphatic heterocycles. The number of hydrogen-bond donors (Lipinski definition) is 2. The Bertz CT molecular complexity index is 1300. The molecule has 1 fully saturated rings. The minimum Gasteiger partial charge on any atom is -0.394 e. The van der Waals surface area contributed by atoms with Crippen LogP contribution in [0.25, 0.3) is 11.5 Å². The van der Waals surface area contributed by atoms with E-state index >= 15 is 0 Å². The standard InChI is InChI=1S/C25H29N7O2/c1-3-17(26)22-16-12-31(24(34)15(16)11-19(28-22)25(2)9-10-25)20-6-4-5-18(27-20)23-30-29-21-8-7-14(13-33)32(21)23/h4-6,11,14,17,33H,3,7-10,12-13,26H2,1-2H3/t14-,17-/m1/s1. The monoisotopic (exact) mass is 459 g/mol. The summed E-state index contributed by atoms with van der Waals surface area (Å²) in [6, 6.07) is 7.30. The van der Waals surface area contributed by atoms with Crippen molar-refractivity contribution in [1.82, 2.24) is 24.7 Å². The topological polar surface area (TPSA) is 123 Å². The van der Waals surface area contributed by atoms with Crippen LogP contribution in [0.15, 0.2) is 24.3 Å². The van der Waals surface area contributed by atoms with E-state index in [1.54, 1.807) is 4.90 Å². The first kappa shape index (κ1) is 21.4. The number of aryl methyl sites for hydroxylation is 1. The van der Waals surface area contributed by atoms with Crippen LogP contribution in [0.3, 0.4) is 0 Å². The highest BCUT2D eigenvalue weighted by atomic mass is 16.3. The predicted octanol–water partition coefficient (Wildman–Crippen LogP) is 2.84. The van der Waals surface area contributed by atoms with Crippen LogP contribution in [-0.4, -0.2) is 42.4 Å². The normalized spacial score (nSPS) is 21.0. The molecule has 0 unspecified atom stereocenters. The third kappa shape index (κ3) is 3.18. The average Bonchev–Trinajstić information content (AvgIpc) is 3.18. The van der Waals surface area contributed by atoms with Crippen molar-refractivity contribution in [3.05, 3.63) is 52.6 Å². The number of nitrogens with zero attached hydrogens (tertiary/aromatic N) is 6. The summed E-state index contributed by atoms with van der Waals surface area (Å²) in [5, 5.41) is 18.4. The summed E-state index contributed by atoms with van der Waals surface area (Å²) in [6.07, 6.45) is 4.54. The molecular formula is C25H29N7O2. The lowest BCUT2D eigenvalue weighted by Crippen LogP contribution is -2.24. The molecule has 1 amide bonds. The number of aliphatic hydroxyl groups is 1. The van der Waals surface area contributed by atoms with Crippen LogP contribution in [-0.2, 0) is 18.4 Å². The fraction of sp³-hybridized carbons (Fsp3) is 0.480. The van der Waals surface area contributed by atoms with Gasteiger partial charge in [0.05, 0.1) is 24.9 Å². The summed E-state index contributed by atoms with van der Waals surface area (Å²) < 4.78 is 1.97. The number of fused-ring (bicyclic) bond motifs is 2. The number of aliphatic hydroxyl groups excluding tert-OH is 1. The Morgan fingerprint density at radius 1 is 1.26 bits per heavy atom. The molecule has 1 aliphatic carbocycles. The summed E-state index contributed by atoms with van der Waals surface area (Å²) in [5.74, 6) is 1.97. The lowest BCUT2D eigenvalue weighted by Gasteiger charge is -2.17. The van der Waals surface area contributed by atoms with E-state index < -0.39 is 0 Å². The Morgan fingerprint density at radius 2 is 2.09 bits per heavy atom. The molecule has 3 N–H and O–H groups in total. The highest BCUT2D eigenvalue weighted by Crippen LogP contribution is 2.48. The number of nitrogens with two attached hydrogens (primary N) is 1. The molecule has 1 saturated carbocycles. The van der Waals surface area contributed by atoms with Crippen molar-refractivity contribution in [3.63, 3.8) is 0 Å². The van der Waals surface area contributed by atoms with Gasteiger partial charge in [0.1, 0.15) is 17.3 Å². The molecular weight excluding hydrogens is 430 g/mol. The van der Waals surface area contributed by atoms with E-state index in [1.807, 2.05) is 35.8 Å². The van der Waals surface area contributed by atoms with E-state index in [0.717, 1.165) is 54.9 Å². The Kier molecular flexibility index (Phi) is 4.82. The minimum atomic E-state index is -0.211. The summed E-state index contributed by atoms with van der Waals surface area (Å²) in [6.45, 7) is 4.67. The predicted molar refractivity (Wildman–Crippen MR) is 126 cm³/mol. The van der Waals surface area contributed by atoms with Crippen molar-refractivity contribution in [2.24, 2.45) is 5.73 Å². The highest BCUT2D eigenvalue weighted by Gasteiger charge is 2.43. The van der Waals surface area contributed by atoms with Gasteiger partial charge in [-0.25, -0.2) is 4.98 Å². The molecule has 0 radical (unpaired) electrons. The van der Waals surface area contributed by atoms with E-state index in [2.05, 4.69) is 17.1 Å². The van der Waals surface area contributed by atoms with Gasteiger partial charge in [0.2, 0.25) is 0 Å². The molecule has 0 saturated heterocycles. The van der Waals surface area contributed by atoms with E-state index in [4.69, 9.17) is 15.7 Å². The van der Waals surface area contributed by atoms with E-state index in [1.165, 1.54) is 0 Å². The Labute approximate surface area is 198 Å². The van der Waals surface area contributed by atoms with Gasteiger partial charge < -0.3 is 15.4 Å². The minimum absolute atomic E-state index is 0.0341. The fourth-order valence-corrected chi connectivity index (χ4v) is 5.11. The molecule has 34 heavy (non-hydrogen) atoms. The highest BCUT2D eigenvalue weighted by molar-refractivity contribution is 6.10. The van der Waals surface area contributed by atoms with Crippen molar-refractivity contribution in [2.75, 3.05) is 11.5 Å². The van der Waals surface area contributed by atoms with Crippen LogP contribution in [0.2, 0.25) is 0 Å². The zero-order chi connectivity index (χ0) is 23.6. The summed E-state index contributed by atoms with van der Waals surface area (Å²) >= 11 is 0. The van der Waals surface area contributed by atoms with Crippen LogP contribution in [0.5, 0.6) is 0 Å². The first-order chi connectivity index (χ1) is 16.4. The van der Waals surface area contributed by atoms with Crippen LogP contribution >= 0.6 is 0 Å². The van der Waals surface area contributed by atoms with Gasteiger partial charge in [0.25, 0.3) is 5.91 Å². The van der Waals surface area contributed by atoms with Crippen molar-refractivity contribution in [1.29, 1.82) is 0 Å². The quantitative estimate of drug-likeness (QED) is 0.581. The summed E-state index contributed by atoms with van der Waals surface area (Å²) in [7, 11) is 0. The van der Waals surface area contributed by atoms with E-state index in [0.29, 0.717) is 29.4 Å². The second kappa shape index (κ2) is 7.68. The molecule has 176 valence electrons. The third-order valence-electron chi connectivity index (χ3n) is 7.64. The zero-order valence-electron chi connectivity index (χ0n) is 19.5. The maximum atomic E-state index is 13.6. The van der Waals surface area contributed by atoms with Gasteiger partial charge in [-0.1, -0.05) is 19.9 Å². The van der Waals surface area contributed by atoms with Crippen LogP contribution in [0.4, 0.5) is 5.82 Å². The molecule has 3 aliphatic rings. The number of amides is 1. The zero-order valence-corrected chi connectivity index (χ0v) is 19.5. The number of carbonyl (C=O) groups excluding carboxylic acids is 1. The average molecular weight is 460 g/mol. The molecule has 3 aromatic rings. The van der Waals surface area contributed by atoms with Gasteiger partial charge >= 0.3 is 0 Å². The van der Waals surface area contributed by atoms with Crippen LogP contribution < -0.4 is 10.6 Å². The first-order valence-electron chi connectivity index (χ1n) is 12.1. The van der Waals surface area contributed by atoms with Crippen molar-refractivity contribution in [2.45, 2.75) is 70.0 Å². The molecule has 0 bridgehead atoms. The lowest BCUT2D eigenvalue weighted by atomic mass is 9.96. The Hall–Kier alpha value is -3.17. The number of aromatic nitrogens is 5. The summed E-state index contributed by atoms with van der Waals surface area (Å²) in [4.78, 5) is 25.1. The van der Waals surface area contributed by atoms with Crippen molar-refractivity contribution < 1.29 is 9.90 Å². The van der Waals surface area contributed by atoms with E-state index in [9.17, 15) is 9.90 Å². The Balaban J connectivity index is 1.39. The van der Waals surface area contributed by atoms with Gasteiger partial charge in [-0.3, -0.25) is 14.7 Å². The van der Waals surface area contributed by atoms with E-state index in [-0.39, 0.29) is 30.0 Å². The number of anilines is 1. The molecule has 0 aromatic carbocycles. The molecule has 2 atom stereocenters. The second-order valence-electron chi connectivity index (χ2n) is 9.95. The molecule has 6 rings (SSSR count). The maximum Gasteiger partial charge on any atom is 0.260 e. The smallest absolute Gasteiger partial charge is 0.260 e.